The molecule has 32 heavy (non-hydrogen) atoms. The van der Waals surface area contributed by atoms with Crippen molar-refractivity contribution in [1.29, 1.82) is 0 Å². The lowest BCUT2D eigenvalue weighted by Crippen LogP contribution is -2.34. The van der Waals surface area contributed by atoms with Gasteiger partial charge in [0.25, 0.3) is 0 Å². The molecule has 1 spiro atoms. The van der Waals surface area contributed by atoms with Crippen molar-refractivity contribution in [3.05, 3.63) is 137 Å². The first-order chi connectivity index (χ1) is 15.7. The summed E-state index contributed by atoms with van der Waals surface area (Å²) in [5, 5.41) is 2.61. The van der Waals surface area contributed by atoms with Gasteiger partial charge in [-0.15, -0.1) is 0 Å². The zero-order valence-corrected chi connectivity index (χ0v) is 18.4. The summed E-state index contributed by atoms with van der Waals surface area (Å²) in [5.41, 5.74) is 8.48. The molecule has 0 bridgehead atoms. The Morgan fingerprint density at radius 1 is 0.781 bits per heavy atom. The molecule has 0 saturated heterocycles. The van der Waals surface area contributed by atoms with E-state index in [-0.39, 0.29) is 0 Å². The summed E-state index contributed by atoms with van der Waals surface area (Å²) in [6, 6.07) is 28.5. The molecule has 1 heteroatoms. The Kier molecular flexibility index (Phi) is 4.03. The standard InChI is InChI=1S/C31H24O/c1-4-5-15-25-21(3)32-29-18-11-10-17-27(29)31(25)26-16-9-8-14-24(26)30-23-13-7-6-12-22(23)20(2)19-28(30)31/h4-19H,1H2,2-3H3/b15-5-. The van der Waals surface area contributed by atoms with Crippen molar-refractivity contribution in [2.75, 3.05) is 0 Å². The third kappa shape index (κ3) is 2.28. The van der Waals surface area contributed by atoms with E-state index < -0.39 is 5.41 Å². The molecular formula is C31H24O. The predicted octanol–water partition coefficient (Wildman–Crippen LogP) is 7.87. The molecule has 0 N–H and O–H groups in total. The quantitative estimate of drug-likeness (QED) is 0.304. The zero-order valence-electron chi connectivity index (χ0n) is 18.4. The number of allylic oxidation sites excluding steroid dienone is 5. The van der Waals surface area contributed by atoms with Gasteiger partial charge in [-0.3, -0.25) is 0 Å². The number of fused-ring (bicyclic) bond motifs is 9. The van der Waals surface area contributed by atoms with Crippen molar-refractivity contribution in [3.8, 4) is 16.9 Å². The molecule has 154 valence electrons. The van der Waals surface area contributed by atoms with Gasteiger partial charge >= 0.3 is 0 Å². The van der Waals surface area contributed by atoms with E-state index in [0.717, 1.165) is 17.1 Å². The molecule has 2 aliphatic rings. The summed E-state index contributed by atoms with van der Waals surface area (Å²) in [7, 11) is 0. The first-order valence-electron chi connectivity index (χ1n) is 11.1. The van der Waals surface area contributed by atoms with E-state index in [1.807, 2.05) is 12.2 Å². The highest BCUT2D eigenvalue weighted by molar-refractivity contribution is 6.05. The van der Waals surface area contributed by atoms with E-state index in [0.29, 0.717) is 0 Å². The molecule has 1 nitrogen and oxygen atoms in total. The summed E-state index contributed by atoms with van der Waals surface area (Å²) in [6.45, 7) is 8.22. The normalized spacial score (nSPS) is 18.6. The smallest absolute Gasteiger partial charge is 0.131 e. The predicted molar refractivity (Wildman–Crippen MR) is 133 cm³/mol. The first kappa shape index (κ1) is 18.9. The maximum Gasteiger partial charge on any atom is 0.131 e. The van der Waals surface area contributed by atoms with Gasteiger partial charge in [0.1, 0.15) is 11.5 Å². The molecule has 1 unspecified atom stereocenters. The summed E-state index contributed by atoms with van der Waals surface area (Å²) in [6.07, 6.45) is 6.03. The Bertz CT molecular complexity index is 1480. The summed E-state index contributed by atoms with van der Waals surface area (Å²) in [4.78, 5) is 0. The van der Waals surface area contributed by atoms with Crippen molar-refractivity contribution in [2.24, 2.45) is 0 Å². The van der Waals surface area contributed by atoms with Crippen LogP contribution < -0.4 is 4.74 Å². The van der Waals surface area contributed by atoms with E-state index in [1.165, 1.54) is 44.2 Å². The molecule has 0 amide bonds. The fraction of sp³-hybridized carbons (Fsp3) is 0.0968. The van der Waals surface area contributed by atoms with Gasteiger partial charge in [0, 0.05) is 11.1 Å². The average Bonchev–Trinajstić information content (AvgIpc) is 3.10. The van der Waals surface area contributed by atoms with Crippen LogP contribution in [0.5, 0.6) is 5.75 Å². The molecule has 6 rings (SSSR count). The van der Waals surface area contributed by atoms with Gasteiger partial charge in [0.2, 0.25) is 0 Å². The van der Waals surface area contributed by atoms with Crippen LogP contribution in [0.25, 0.3) is 21.9 Å². The summed E-state index contributed by atoms with van der Waals surface area (Å²) < 4.78 is 6.37. The van der Waals surface area contributed by atoms with Gasteiger partial charge < -0.3 is 4.74 Å². The van der Waals surface area contributed by atoms with Crippen LogP contribution in [0.1, 0.15) is 29.2 Å². The molecule has 1 aliphatic carbocycles. The average molecular weight is 413 g/mol. The molecule has 0 aromatic heterocycles. The molecule has 1 heterocycles. The van der Waals surface area contributed by atoms with Crippen LogP contribution in [-0.2, 0) is 5.41 Å². The molecule has 1 atom stereocenters. The maximum atomic E-state index is 6.37. The van der Waals surface area contributed by atoms with Crippen LogP contribution in [0.4, 0.5) is 0 Å². The molecule has 0 radical (unpaired) electrons. The van der Waals surface area contributed by atoms with Gasteiger partial charge in [-0.1, -0.05) is 97.6 Å². The van der Waals surface area contributed by atoms with Crippen LogP contribution >= 0.6 is 0 Å². The second-order valence-corrected chi connectivity index (χ2v) is 8.62. The Balaban J connectivity index is 1.87. The number of hydrogen-bond acceptors (Lipinski definition) is 1. The van der Waals surface area contributed by atoms with Crippen LogP contribution in [-0.4, -0.2) is 0 Å². The minimum absolute atomic E-state index is 0.431. The molecule has 0 fully saturated rings. The van der Waals surface area contributed by atoms with Crippen LogP contribution in [0.3, 0.4) is 0 Å². The van der Waals surface area contributed by atoms with E-state index >= 15 is 0 Å². The van der Waals surface area contributed by atoms with Gasteiger partial charge in [-0.25, -0.2) is 0 Å². The Morgan fingerprint density at radius 2 is 1.47 bits per heavy atom. The number of benzene rings is 4. The number of rotatable bonds is 2. The van der Waals surface area contributed by atoms with Gasteiger partial charge in [-0.2, -0.15) is 0 Å². The van der Waals surface area contributed by atoms with E-state index in [1.54, 1.807) is 0 Å². The second kappa shape index (κ2) is 6.83. The highest BCUT2D eigenvalue weighted by Crippen LogP contribution is 2.62. The SMILES string of the molecule is C=C/C=C\C1=C(C)Oc2ccccc2C12c1ccccc1-c1c2cc(C)c2ccccc12. The van der Waals surface area contributed by atoms with Gasteiger partial charge in [0.15, 0.2) is 0 Å². The van der Waals surface area contributed by atoms with Crippen LogP contribution in [0, 0.1) is 6.92 Å². The van der Waals surface area contributed by atoms with Crippen molar-refractivity contribution in [3.63, 3.8) is 0 Å². The summed E-state index contributed by atoms with van der Waals surface area (Å²) in [5.74, 6) is 1.85. The molecule has 1 aliphatic heterocycles. The monoisotopic (exact) mass is 412 g/mol. The van der Waals surface area contributed by atoms with E-state index in [2.05, 4.69) is 105 Å². The second-order valence-electron chi connectivity index (χ2n) is 8.62. The van der Waals surface area contributed by atoms with Crippen molar-refractivity contribution in [1.82, 2.24) is 0 Å². The Labute approximate surface area is 189 Å². The fourth-order valence-corrected chi connectivity index (χ4v) is 5.80. The number of para-hydroxylation sites is 1. The van der Waals surface area contributed by atoms with Crippen molar-refractivity contribution in [2.45, 2.75) is 19.3 Å². The molecular weight excluding hydrogens is 388 g/mol. The maximum absolute atomic E-state index is 6.37. The third-order valence-electron chi connectivity index (χ3n) is 6.99. The van der Waals surface area contributed by atoms with Crippen molar-refractivity contribution >= 4 is 10.8 Å². The van der Waals surface area contributed by atoms with Gasteiger partial charge in [0.05, 0.1) is 5.41 Å². The number of hydrogen-bond donors (Lipinski definition) is 0. The Hall–Kier alpha value is -3.84. The van der Waals surface area contributed by atoms with E-state index in [9.17, 15) is 0 Å². The number of ether oxygens (including phenoxy) is 1. The minimum Gasteiger partial charge on any atom is -0.461 e. The lowest BCUT2D eigenvalue weighted by molar-refractivity contribution is 0.387. The minimum atomic E-state index is -0.431. The third-order valence-corrected chi connectivity index (χ3v) is 6.99. The van der Waals surface area contributed by atoms with Crippen LogP contribution in [0.15, 0.2) is 115 Å². The highest BCUT2D eigenvalue weighted by atomic mass is 16.5. The molecule has 4 aromatic carbocycles. The largest absolute Gasteiger partial charge is 0.461 e. The highest BCUT2D eigenvalue weighted by Gasteiger charge is 2.51. The van der Waals surface area contributed by atoms with Crippen molar-refractivity contribution < 1.29 is 4.74 Å². The first-order valence-corrected chi connectivity index (χ1v) is 11.1. The van der Waals surface area contributed by atoms with E-state index in [4.69, 9.17) is 4.74 Å². The summed E-state index contributed by atoms with van der Waals surface area (Å²) >= 11 is 0. The fourth-order valence-electron chi connectivity index (χ4n) is 5.80. The molecule has 0 saturated carbocycles. The lowest BCUT2D eigenvalue weighted by Gasteiger charge is -2.40. The zero-order chi connectivity index (χ0) is 21.9. The Morgan fingerprint density at radius 3 is 2.28 bits per heavy atom. The molecule has 4 aromatic rings. The topological polar surface area (TPSA) is 9.23 Å². The number of aryl methyl sites for hydroxylation is 1. The van der Waals surface area contributed by atoms with Crippen LogP contribution in [0.2, 0.25) is 0 Å². The van der Waals surface area contributed by atoms with Gasteiger partial charge in [-0.05, 0) is 58.5 Å². The lowest BCUT2D eigenvalue weighted by atomic mass is 9.65.